The van der Waals surface area contributed by atoms with Crippen molar-refractivity contribution in [3.63, 3.8) is 0 Å². The summed E-state index contributed by atoms with van der Waals surface area (Å²) in [4.78, 5) is 16.9. The normalized spacial score (nSPS) is 12.3. The molecular weight excluding hydrogens is 371 g/mol. The van der Waals surface area contributed by atoms with Gasteiger partial charge in [-0.1, -0.05) is 53.2 Å². The fourth-order valence-corrected chi connectivity index (χ4v) is 4.50. The number of thiazole rings is 1. The highest BCUT2D eigenvalue weighted by molar-refractivity contribution is 8.02. The van der Waals surface area contributed by atoms with E-state index < -0.39 is 0 Å². The Kier molecular flexibility index (Phi) is 5.11. The SMILES string of the molecule is C[C@H](Sc1nc2ccccc2s1)C(=O)Nc1cccc(Cl)c1Cl. The van der Waals surface area contributed by atoms with Crippen LogP contribution >= 0.6 is 46.3 Å². The molecule has 1 heterocycles. The molecule has 0 spiro atoms. The first-order chi connectivity index (χ1) is 11.0. The van der Waals surface area contributed by atoms with Gasteiger partial charge >= 0.3 is 0 Å². The molecule has 0 unspecified atom stereocenters. The molecule has 3 rings (SSSR count). The number of rotatable bonds is 4. The Morgan fingerprint density at radius 2 is 2.00 bits per heavy atom. The maximum atomic E-state index is 12.3. The number of nitrogens with one attached hydrogen (secondary N) is 1. The van der Waals surface area contributed by atoms with Crippen LogP contribution in [0.2, 0.25) is 10.0 Å². The van der Waals surface area contributed by atoms with E-state index in [4.69, 9.17) is 23.2 Å². The number of thioether (sulfide) groups is 1. The van der Waals surface area contributed by atoms with Crippen molar-refractivity contribution >= 4 is 68.1 Å². The van der Waals surface area contributed by atoms with Gasteiger partial charge in [0.25, 0.3) is 0 Å². The molecule has 0 radical (unpaired) electrons. The molecule has 2 aromatic carbocycles. The standard InChI is InChI=1S/C16H12Cl2N2OS2/c1-9(15(21)19-12-7-4-5-10(17)14(12)18)22-16-20-11-6-2-3-8-13(11)23-16/h2-9H,1H3,(H,19,21)/t9-/m0/s1. The predicted molar refractivity (Wildman–Crippen MR) is 100 cm³/mol. The first-order valence-corrected chi connectivity index (χ1v) is 9.27. The fourth-order valence-electron chi connectivity index (χ4n) is 1.94. The lowest BCUT2D eigenvalue weighted by Crippen LogP contribution is -2.22. The minimum Gasteiger partial charge on any atom is -0.324 e. The van der Waals surface area contributed by atoms with E-state index in [1.54, 1.807) is 29.5 Å². The molecule has 0 saturated carbocycles. The lowest BCUT2D eigenvalue weighted by atomic mass is 10.3. The molecule has 0 aliphatic carbocycles. The van der Waals surface area contributed by atoms with Crippen LogP contribution in [0, 0.1) is 0 Å². The Bertz CT molecular complexity index is 833. The smallest absolute Gasteiger partial charge is 0.237 e. The third-order valence-electron chi connectivity index (χ3n) is 3.13. The number of nitrogens with zero attached hydrogens (tertiary/aromatic N) is 1. The predicted octanol–water partition coefficient (Wildman–Crippen LogP) is 5.72. The lowest BCUT2D eigenvalue weighted by Gasteiger charge is -2.12. The Morgan fingerprint density at radius 3 is 2.78 bits per heavy atom. The van der Waals surface area contributed by atoms with E-state index in [1.165, 1.54) is 11.8 Å². The molecule has 0 fully saturated rings. The van der Waals surface area contributed by atoms with E-state index in [-0.39, 0.29) is 11.2 Å². The second-order valence-electron chi connectivity index (χ2n) is 4.80. The van der Waals surface area contributed by atoms with Crippen molar-refractivity contribution in [2.45, 2.75) is 16.5 Å². The summed E-state index contributed by atoms with van der Waals surface area (Å²) < 4.78 is 1.98. The first kappa shape index (κ1) is 16.6. The van der Waals surface area contributed by atoms with Crippen LogP contribution in [-0.4, -0.2) is 16.1 Å². The van der Waals surface area contributed by atoms with Crippen LogP contribution in [0.25, 0.3) is 10.2 Å². The van der Waals surface area contributed by atoms with Crippen molar-refractivity contribution < 1.29 is 4.79 Å². The number of halogens is 2. The molecule has 1 N–H and O–H groups in total. The number of benzene rings is 2. The van der Waals surface area contributed by atoms with E-state index >= 15 is 0 Å². The molecule has 23 heavy (non-hydrogen) atoms. The molecule has 3 aromatic rings. The second-order valence-corrected chi connectivity index (χ2v) is 8.20. The molecule has 0 bridgehead atoms. The van der Waals surface area contributed by atoms with E-state index in [0.29, 0.717) is 15.7 Å². The Morgan fingerprint density at radius 1 is 1.22 bits per heavy atom. The number of aromatic nitrogens is 1. The molecule has 0 aliphatic rings. The van der Waals surface area contributed by atoms with Crippen molar-refractivity contribution in [3.05, 3.63) is 52.5 Å². The maximum absolute atomic E-state index is 12.3. The Hall–Kier alpha value is -1.27. The minimum absolute atomic E-state index is 0.140. The van der Waals surface area contributed by atoms with Gasteiger partial charge in [-0.15, -0.1) is 11.3 Å². The van der Waals surface area contributed by atoms with Crippen LogP contribution in [-0.2, 0) is 4.79 Å². The van der Waals surface area contributed by atoms with Gasteiger partial charge in [-0.2, -0.15) is 0 Å². The van der Waals surface area contributed by atoms with Gasteiger partial charge < -0.3 is 5.32 Å². The van der Waals surface area contributed by atoms with Crippen LogP contribution < -0.4 is 5.32 Å². The van der Waals surface area contributed by atoms with Crippen LogP contribution in [0.15, 0.2) is 46.8 Å². The zero-order valence-electron chi connectivity index (χ0n) is 12.0. The number of hydrogen-bond acceptors (Lipinski definition) is 4. The van der Waals surface area contributed by atoms with Crippen molar-refractivity contribution in [1.82, 2.24) is 4.98 Å². The van der Waals surface area contributed by atoms with Gasteiger partial charge in [0.15, 0.2) is 4.34 Å². The van der Waals surface area contributed by atoms with Gasteiger partial charge in [-0.25, -0.2) is 4.98 Å². The molecule has 3 nitrogen and oxygen atoms in total. The third kappa shape index (κ3) is 3.80. The number of amides is 1. The van der Waals surface area contributed by atoms with Gasteiger partial charge in [0.1, 0.15) is 0 Å². The molecule has 7 heteroatoms. The summed E-state index contributed by atoms with van der Waals surface area (Å²) in [6.07, 6.45) is 0. The number of para-hydroxylation sites is 1. The second kappa shape index (κ2) is 7.09. The minimum atomic E-state index is -0.300. The molecule has 0 saturated heterocycles. The topological polar surface area (TPSA) is 42.0 Å². The van der Waals surface area contributed by atoms with Crippen LogP contribution in [0.1, 0.15) is 6.92 Å². The quantitative estimate of drug-likeness (QED) is 0.586. The maximum Gasteiger partial charge on any atom is 0.237 e. The number of carbonyl (C=O) groups excluding carboxylic acids is 1. The van der Waals surface area contributed by atoms with Crippen molar-refractivity contribution in [3.8, 4) is 0 Å². The van der Waals surface area contributed by atoms with Crippen LogP contribution in [0.4, 0.5) is 5.69 Å². The summed E-state index contributed by atoms with van der Waals surface area (Å²) in [7, 11) is 0. The van der Waals surface area contributed by atoms with Crippen molar-refractivity contribution in [1.29, 1.82) is 0 Å². The van der Waals surface area contributed by atoms with E-state index in [2.05, 4.69) is 10.3 Å². The summed E-state index contributed by atoms with van der Waals surface area (Å²) in [5.41, 5.74) is 1.46. The molecule has 0 aliphatic heterocycles. The average Bonchev–Trinajstić information content (AvgIpc) is 2.93. The molecule has 1 atom stereocenters. The summed E-state index contributed by atoms with van der Waals surface area (Å²) in [6.45, 7) is 1.84. The van der Waals surface area contributed by atoms with Gasteiger partial charge in [0.05, 0.1) is 31.2 Å². The molecule has 118 valence electrons. The highest BCUT2D eigenvalue weighted by Gasteiger charge is 2.18. The summed E-state index contributed by atoms with van der Waals surface area (Å²) >= 11 is 15.1. The molecule has 1 aromatic heterocycles. The summed E-state index contributed by atoms with van der Waals surface area (Å²) in [5.74, 6) is -0.140. The highest BCUT2D eigenvalue weighted by atomic mass is 35.5. The average molecular weight is 383 g/mol. The number of fused-ring (bicyclic) bond motifs is 1. The number of hydrogen-bond donors (Lipinski definition) is 1. The van der Waals surface area contributed by atoms with Gasteiger partial charge in [-0.05, 0) is 31.2 Å². The van der Waals surface area contributed by atoms with E-state index in [0.717, 1.165) is 14.6 Å². The lowest BCUT2D eigenvalue weighted by molar-refractivity contribution is -0.115. The van der Waals surface area contributed by atoms with Crippen molar-refractivity contribution in [2.24, 2.45) is 0 Å². The van der Waals surface area contributed by atoms with Gasteiger partial charge in [-0.3, -0.25) is 4.79 Å². The number of carbonyl (C=O) groups is 1. The molecular formula is C16H12Cl2N2OS2. The van der Waals surface area contributed by atoms with Crippen molar-refractivity contribution in [2.75, 3.05) is 5.32 Å². The fraction of sp³-hybridized carbons (Fsp3) is 0.125. The third-order valence-corrected chi connectivity index (χ3v) is 6.18. The highest BCUT2D eigenvalue weighted by Crippen LogP contribution is 2.33. The first-order valence-electron chi connectivity index (χ1n) is 6.81. The van der Waals surface area contributed by atoms with Crippen LogP contribution in [0.3, 0.4) is 0 Å². The zero-order chi connectivity index (χ0) is 16.4. The Labute approximate surface area is 152 Å². The summed E-state index contributed by atoms with van der Waals surface area (Å²) in [5, 5.41) is 3.27. The van der Waals surface area contributed by atoms with Gasteiger partial charge in [0, 0.05) is 0 Å². The number of anilines is 1. The molecule has 1 amide bonds. The van der Waals surface area contributed by atoms with E-state index in [1.807, 2.05) is 31.2 Å². The van der Waals surface area contributed by atoms with E-state index in [9.17, 15) is 4.79 Å². The monoisotopic (exact) mass is 382 g/mol. The zero-order valence-corrected chi connectivity index (χ0v) is 15.2. The van der Waals surface area contributed by atoms with Crippen LogP contribution in [0.5, 0.6) is 0 Å². The van der Waals surface area contributed by atoms with Gasteiger partial charge in [0.2, 0.25) is 5.91 Å². The largest absolute Gasteiger partial charge is 0.324 e. The summed E-state index contributed by atoms with van der Waals surface area (Å²) in [6, 6.07) is 13.1. The Balaban J connectivity index is 1.71.